The van der Waals surface area contributed by atoms with E-state index in [2.05, 4.69) is 5.32 Å². The lowest BCUT2D eigenvalue weighted by molar-refractivity contribution is -0.121. The fourth-order valence-corrected chi connectivity index (χ4v) is 7.01. The van der Waals surface area contributed by atoms with Crippen LogP contribution >= 0.6 is 0 Å². The molecule has 0 saturated heterocycles. The maximum Gasteiger partial charge on any atom is 0.244 e. The van der Waals surface area contributed by atoms with Crippen LogP contribution in [0.2, 0.25) is 0 Å². The summed E-state index contributed by atoms with van der Waals surface area (Å²) in [5.41, 5.74) is 3.13. The van der Waals surface area contributed by atoms with Crippen molar-refractivity contribution in [3.63, 3.8) is 0 Å². The first-order valence-electron chi connectivity index (χ1n) is 11.7. The minimum atomic E-state index is -3.86. The molecular formula is C26H36N2O5S. The lowest BCUT2D eigenvalue weighted by Gasteiger charge is -2.33. The highest BCUT2D eigenvalue weighted by atomic mass is 32.2. The van der Waals surface area contributed by atoms with Crippen LogP contribution in [0.1, 0.15) is 54.4 Å². The first-order valence-corrected chi connectivity index (χ1v) is 13.2. The van der Waals surface area contributed by atoms with Gasteiger partial charge in [-0.2, -0.15) is 4.31 Å². The summed E-state index contributed by atoms with van der Waals surface area (Å²) in [5.74, 6) is 0.842. The number of ether oxygens (including phenoxy) is 2. The summed E-state index contributed by atoms with van der Waals surface area (Å²) < 4.78 is 40.0. The molecule has 2 aromatic carbocycles. The summed E-state index contributed by atoms with van der Waals surface area (Å²) in [5, 5.41) is 2.87. The normalized spacial score (nSPS) is 14.8. The Kier molecular flexibility index (Phi) is 8.60. The number of nitrogens with zero attached hydrogens (tertiary/aromatic N) is 1. The van der Waals surface area contributed by atoms with Crippen LogP contribution in [-0.2, 0) is 21.4 Å². The maximum atomic E-state index is 13.9. The number of amides is 1. The van der Waals surface area contributed by atoms with Gasteiger partial charge in [0.1, 0.15) is 11.5 Å². The van der Waals surface area contributed by atoms with E-state index in [1.807, 2.05) is 39.0 Å². The number of benzene rings is 2. The van der Waals surface area contributed by atoms with Crippen LogP contribution in [0.4, 0.5) is 0 Å². The highest BCUT2D eigenvalue weighted by molar-refractivity contribution is 7.89. The third-order valence-electron chi connectivity index (χ3n) is 6.44. The Morgan fingerprint density at radius 3 is 2.09 bits per heavy atom. The number of carbonyl (C=O) groups is 1. The van der Waals surface area contributed by atoms with E-state index in [4.69, 9.17) is 9.47 Å². The Balaban J connectivity index is 1.87. The van der Waals surface area contributed by atoms with E-state index in [0.29, 0.717) is 33.1 Å². The fraction of sp³-hybridized carbons (Fsp3) is 0.500. The smallest absolute Gasteiger partial charge is 0.244 e. The molecule has 8 heteroatoms. The first-order chi connectivity index (χ1) is 16.2. The molecule has 2 aromatic rings. The largest absolute Gasteiger partial charge is 0.496 e. The standard InChI is InChI=1S/C26H36N2O5S/c1-18-14-19(2)26(20(3)15-18)34(30,31)28(21-10-7-6-8-11-21)17-25(29)27-16-22-23(32-4)12-9-13-24(22)33-5/h9,12-15,21H,6-8,10-11,16-17H2,1-5H3,(H,27,29). The monoisotopic (exact) mass is 488 g/mol. The number of aryl methyl sites for hydroxylation is 3. The zero-order chi connectivity index (χ0) is 24.9. The van der Waals surface area contributed by atoms with Gasteiger partial charge in [-0.1, -0.05) is 43.0 Å². The molecule has 1 amide bonds. The number of methoxy groups -OCH3 is 2. The summed E-state index contributed by atoms with van der Waals surface area (Å²) in [6.07, 6.45) is 4.53. The van der Waals surface area contributed by atoms with Gasteiger partial charge >= 0.3 is 0 Å². The Morgan fingerprint density at radius 1 is 1.00 bits per heavy atom. The minimum Gasteiger partial charge on any atom is -0.496 e. The Morgan fingerprint density at radius 2 is 1.56 bits per heavy atom. The third-order valence-corrected chi connectivity index (χ3v) is 8.65. The molecular weight excluding hydrogens is 452 g/mol. The summed E-state index contributed by atoms with van der Waals surface area (Å²) in [4.78, 5) is 13.4. The molecule has 0 bridgehead atoms. The number of sulfonamides is 1. The van der Waals surface area contributed by atoms with Gasteiger partial charge in [0, 0.05) is 6.04 Å². The Bertz CT molecular complexity index is 1080. The van der Waals surface area contributed by atoms with E-state index in [1.165, 1.54) is 4.31 Å². The number of hydrogen-bond acceptors (Lipinski definition) is 5. The molecule has 0 atom stereocenters. The second-order valence-electron chi connectivity index (χ2n) is 8.99. The van der Waals surface area contributed by atoms with Crippen molar-refractivity contribution >= 4 is 15.9 Å². The average molecular weight is 489 g/mol. The maximum absolute atomic E-state index is 13.9. The van der Waals surface area contributed by atoms with Gasteiger partial charge < -0.3 is 14.8 Å². The van der Waals surface area contributed by atoms with Gasteiger partial charge in [0.15, 0.2) is 0 Å². The van der Waals surface area contributed by atoms with Crippen LogP contribution in [0.25, 0.3) is 0 Å². The molecule has 1 aliphatic carbocycles. The number of nitrogens with one attached hydrogen (secondary N) is 1. The first kappa shape index (κ1) is 26.0. The van der Waals surface area contributed by atoms with Crippen molar-refractivity contribution in [1.29, 1.82) is 0 Å². The molecule has 0 unspecified atom stereocenters. The van der Waals surface area contributed by atoms with Crippen LogP contribution in [-0.4, -0.2) is 45.4 Å². The van der Waals surface area contributed by atoms with Crippen molar-refractivity contribution < 1.29 is 22.7 Å². The molecule has 0 radical (unpaired) electrons. The zero-order valence-corrected chi connectivity index (χ0v) is 21.6. The molecule has 34 heavy (non-hydrogen) atoms. The quantitative estimate of drug-likeness (QED) is 0.570. The lowest BCUT2D eigenvalue weighted by atomic mass is 9.95. The van der Waals surface area contributed by atoms with Gasteiger partial charge in [-0.15, -0.1) is 0 Å². The second kappa shape index (κ2) is 11.2. The van der Waals surface area contributed by atoms with Gasteiger partial charge in [-0.3, -0.25) is 4.79 Å². The molecule has 1 N–H and O–H groups in total. The highest BCUT2D eigenvalue weighted by Gasteiger charge is 2.35. The molecule has 1 saturated carbocycles. The van der Waals surface area contributed by atoms with Gasteiger partial charge in [0.05, 0.1) is 37.8 Å². The summed E-state index contributed by atoms with van der Waals surface area (Å²) in [6.45, 7) is 5.54. The van der Waals surface area contributed by atoms with Crippen LogP contribution in [0, 0.1) is 20.8 Å². The molecule has 1 fully saturated rings. The lowest BCUT2D eigenvalue weighted by Crippen LogP contribution is -2.47. The van der Waals surface area contributed by atoms with Crippen LogP contribution < -0.4 is 14.8 Å². The van der Waals surface area contributed by atoms with Crippen LogP contribution in [0.15, 0.2) is 35.2 Å². The Hall–Kier alpha value is -2.58. The van der Waals surface area contributed by atoms with Crippen molar-refractivity contribution in [2.45, 2.75) is 70.4 Å². The molecule has 0 heterocycles. The van der Waals surface area contributed by atoms with Crippen molar-refractivity contribution in [3.8, 4) is 11.5 Å². The zero-order valence-electron chi connectivity index (χ0n) is 20.8. The summed E-state index contributed by atoms with van der Waals surface area (Å²) >= 11 is 0. The predicted molar refractivity (Wildman–Crippen MR) is 133 cm³/mol. The van der Waals surface area contributed by atoms with E-state index in [1.54, 1.807) is 26.4 Å². The number of rotatable bonds is 9. The molecule has 0 aromatic heterocycles. The topological polar surface area (TPSA) is 84.9 Å². The molecule has 7 nitrogen and oxygen atoms in total. The SMILES string of the molecule is COc1cccc(OC)c1CNC(=O)CN(C1CCCCC1)S(=O)(=O)c1c(C)cc(C)cc1C. The molecule has 0 aliphatic heterocycles. The fourth-order valence-electron chi connectivity index (χ4n) is 4.96. The number of carbonyl (C=O) groups excluding carboxylic acids is 1. The van der Waals surface area contributed by atoms with E-state index in [0.717, 1.165) is 37.7 Å². The van der Waals surface area contributed by atoms with E-state index < -0.39 is 10.0 Å². The molecule has 0 spiro atoms. The number of hydrogen-bond donors (Lipinski definition) is 1. The molecule has 3 rings (SSSR count). The van der Waals surface area contributed by atoms with Gasteiger partial charge in [0.2, 0.25) is 15.9 Å². The Labute approximate surface area is 203 Å². The highest BCUT2D eigenvalue weighted by Crippen LogP contribution is 2.31. The van der Waals surface area contributed by atoms with E-state index >= 15 is 0 Å². The second-order valence-corrected chi connectivity index (χ2v) is 10.8. The minimum absolute atomic E-state index is 0.174. The summed E-state index contributed by atoms with van der Waals surface area (Å²) in [6, 6.07) is 8.98. The van der Waals surface area contributed by atoms with Crippen molar-refractivity contribution in [1.82, 2.24) is 9.62 Å². The molecule has 186 valence electrons. The van der Waals surface area contributed by atoms with Gasteiger partial charge in [0.25, 0.3) is 0 Å². The van der Waals surface area contributed by atoms with Crippen molar-refractivity contribution in [3.05, 3.63) is 52.6 Å². The predicted octanol–water partition coefficient (Wildman–Crippen LogP) is 4.27. The molecule has 1 aliphatic rings. The van der Waals surface area contributed by atoms with Crippen LogP contribution in [0.3, 0.4) is 0 Å². The summed E-state index contributed by atoms with van der Waals surface area (Å²) in [7, 11) is -0.741. The van der Waals surface area contributed by atoms with Crippen LogP contribution in [0.5, 0.6) is 11.5 Å². The third kappa shape index (κ3) is 5.73. The van der Waals surface area contributed by atoms with Gasteiger partial charge in [-0.05, 0) is 56.9 Å². The van der Waals surface area contributed by atoms with E-state index in [9.17, 15) is 13.2 Å². The average Bonchev–Trinajstić information content (AvgIpc) is 2.80. The van der Waals surface area contributed by atoms with E-state index in [-0.39, 0.29) is 25.0 Å². The van der Waals surface area contributed by atoms with Crippen molar-refractivity contribution in [2.75, 3.05) is 20.8 Å². The van der Waals surface area contributed by atoms with Gasteiger partial charge in [-0.25, -0.2) is 8.42 Å². The van der Waals surface area contributed by atoms with Crippen molar-refractivity contribution in [2.24, 2.45) is 0 Å².